The Morgan fingerprint density at radius 1 is 1.12 bits per heavy atom. The van der Waals surface area contributed by atoms with Gasteiger partial charge >= 0.3 is 0 Å². The van der Waals surface area contributed by atoms with Gasteiger partial charge in [0.1, 0.15) is 10.9 Å². The number of amides is 1. The number of carbonyl (C=O) groups excluding carboxylic acids is 1. The first-order valence-corrected chi connectivity index (χ1v) is 9.94. The van der Waals surface area contributed by atoms with Crippen molar-refractivity contribution in [3.05, 3.63) is 52.8 Å². The van der Waals surface area contributed by atoms with E-state index in [1.165, 1.54) is 23.1 Å². The molecule has 0 aliphatic heterocycles. The molecule has 5 nitrogen and oxygen atoms in total. The molecule has 2 heterocycles. The SMILES string of the molecule is Cc1nc(SC(C)C(=O)Nc2nc(C)c(C)s2)cc(-c2ccccc2)n1. The molecule has 0 spiro atoms. The fourth-order valence-electron chi connectivity index (χ4n) is 2.33. The van der Waals surface area contributed by atoms with Gasteiger partial charge in [-0.05, 0) is 33.8 Å². The van der Waals surface area contributed by atoms with Crippen LogP contribution in [0.5, 0.6) is 0 Å². The van der Waals surface area contributed by atoms with Crippen LogP contribution in [0.4, 0.5) is 5.13 Å². The Morgan fingerprint density at radius 2 is 1.85 bits per heavy atom. The summed E-state index contributed by atoms with van der Waals surface area (Å²) >= 11 is 2.91. The fourth-order valence-corrected chi connectivity index (χ4v) is 4.04. The van der Waals surface area contributed by atoms with E-state index in [9.17, 15) is 4.79 Å². The van der Waals surface area contributed by atoms with Crippen LogP contribution in [0.3, 0.4) is 0 Å². The van der Waals surface area contributed by atoms with Crippen LogP contribution >= 0.6 is 23.1 Å². The quantitative estimate of drug-likeness (QED) is 0.512. The lowest BCUT2D eigenvalue weighted by Gasteiger charge is -2.11. The fraction of sp³-hybridized carbons (Fsp3) is 0.263. The molecule has 0 bridgehead atoms. The first-order chi connectivity index (χ1) is 12.4. The van der Waals surface area contributed by atoms with Gasteiger partial charge in [-0.25, -0.2) is 15.0 Å². The van der Waals surface area contributed by atoms with E-state index < -0.39 is 0 Å². The van der Waals surface area contributed by atoms with Gasteiger partial charge in [0, 0.05) is 10.4 Å². The lowest BCUT2D eigenvalue weighted by molar-refractivity contribution is -0.115. The van der Waals surface area contributed by atoms with Gasteiger partial charge in [-0.15, -0.1) is 11.3 Å². The van der Waals surface area contributed by atoms with Crippen LogP contribution in [0.1, 0.15) is 23.3 Å². The number of nitrogens with one attached hydrogen (secondary N) is 1. The smallest absolute Gasteiger partial charge is 0.239 e. The molecule has 1 N–H and O–H groups in total. The maximum Gasteiger partial charge on any atom is 0.239 e. The van der Waals surface area contributed by atoms with Gasteiger partial charge in [0.25, 0.3) is 0 Å². The Bertz CT molecular complexity index is 905. The molecule has 0 saturated heterocycles. The van der Waals surface area contributed by atoms with Crippen molar-refractivity contribution in [1.29, 1.82) is 0 Å². The zero-order valence-electron chi connectivity index (χ0n) is 15.1. The van der Waals surface area contributed by atoms with Gasteiger partial charge in [0.2, 0.25) is 5.91 Å². The molecule has 0 aliphatic rings. The van der Waals surface area contributed by atoms with Crippen LogP contribution in [0, 0.1) is 20.8 Å². The second-order valence-corrected chi connectivity index (χ2v) is 8.48. The molecule has 7 heteroatoms. The summed E-state index contributed by atoms with van der Waals surface area (Å²) in [7, 11) is 0. The zero-order chi connectivity index (χ0) is 18.7. The number of carbonyl (C=O) groups is 1. The molecule has 3 aromatic rings. The Labute approximate surface area is 161 Å². The van der Waals surface area contributed by atoms with Gasteiger partial charge < -0.3 is 5.32 Å². The summed E-state index contributed by atoms with van der Waals surface area (Å²) in [6.07, 6.45) is 0. The van der Waals surface area contributed by atoms with E-state index in [1.54, 1.807) is 0 Å². The van der Waals surface area contributed by atoms with E-state index >= 15 is 0 Å². The van der Waals surface area contributed by atoms with Crippen LogP contribution in [-0.4, -0.2) is 26.1 Å². The summed E-state index contributed by atoms with van der Waals surface area (Å²) in [4.78, 5) is 26.9. The van der Waals surface area contributed by atoms with E-state index in [0.29, 0.717) is 11.0 Å². The van der Waals surface area contributed by atoms with Gasteiger partial charge in [-0.3, -0.25) is 4.79 Å². The van der Waals surface area contributed by atoms with Crippen molar-refractivity contribution < 1.29 is 4.79 Å². The van der Waals surface area contributed by atoms with Crippen LogP contribution in [0.25, 0.3) is 11.3 Å². The van der Waals surface area contributed by atoms with Crippen LogP contribution < -0.4 is 5.32 Å². The van der Waals surface area contributed by atoms with Crippen molar-refractivity contribution in [2.75, 3.05) is 5.32 Å². The number of aromatic nitrogens is 3. The average molecular weight is 385 g/mol. The number of anilines is 1. The molecule has 0 radical (unpaired) electrons. The van der Waals surface area contributed by atoms with Gasteiger partial charge in [-0.1, -0.05) is 42.1 Å². The number of nitrogens with zero attached hydrogens (tertiary/aromatic N) is 3. The van der Waals surface area contributed by atoms with Crippen molar-refractivity contribution in [3.63, 3.8) is 0 Å². The first kappa shape index (κ1) is 18.5. The Hall–Kier alpha value is -2.25. The third kappa shape index (κ3) is 4.47. The number of thiazole rings is 1. The Balaban J connectivity index is 1.73. The second-order valence-electron chi connectivity index (χ2n) is 5.91. The van der Waals surface area contributed by atoms with E-state index in [2.05, 4.69) is 20.3 Å². The van der Waals surface area contributed by atoms with E-state index in [4.69, 9.17) is 0 Å². The standard InChI is InChI=1S/C19H20N4OS2/c1-11-12(2)26-19(20-11)23-18(24)13(3)25-17-10-16(21-14(4)22-17)15-8-6-5-7-9-15/h5-10,13H,1-4H3,(H,20,23,24). The lowest BCUT2D eigenvalue weighted by Crippen LogP contribution is -2.22. The normalized spacial score (nSPS) is 12.0. The number of thioether (sulfide) groups is 1. The third-order valence-corrected chi connectivity index (χ3v) is 5.82. The number of aryl methyl sites for hydroxylation is 3. The summed E-state index contributed by atoms with van der Waals surface area (Å²) < 4.78 is 0. The molecule has 134 valence electrons. The van der Waals surface area contributed by atoms with Crippen LogP contribution in [-0.2, 0) is 4.79 Å². The van der Waals surface area contributed by atoms with Crippen molar-refractivity contribution >= 4 is 34.1 Å². The lowest BCUT2D eigenvalue weighted by atomic mass is 10.1. The molecular formula is C19H20N4OS2. The third-order valence-electron chi connectivity index (χ3n) is 3.81. The highest BCUT2D eigenvalue weighted by atomic mass is 32.2. The molecule has 0 aliphatic carbocycles. The van der Waals surface area contributed by atoms with Gasteiger partial charge in [0.05, 0.1) is 16.6 Å². The summed E-state index contributed by atoms with van der Waals surface area (Å²) in [5.74, 6) is 0.605. The van der Waals surface area contributed by atoms with Crippen LogP contribution in [0.2, 0.25) is 0 Å². The van der Waals surface area contributed by atoms with Crippen molar-refractivity contribution in [3.8, 4) is 11.3 Å². The number of hydrogen-bond donors (Lipinski definition) is 1. The number of rotatable bonds is 5. The van der Waals surface area contributed by atoms with Gasteiger partial charge in [-0.2, -0.15) is 0 Å². The van der Waals surface area contributed by atoms with Crippen molar-refractivity contribution in [1.82, 2.24) is 15.0 Å². The molecule has 0 saturated carbocycles. The highest BCUT2D eigenvalue weighted by Gasteiger charge is 2.18. The summed E-state index contributed by atoms with van der Waals surface area (Å²) in [6, 6.07) is 11.9. The first-order valence-electron chi connectivity index (χ1n) is 8.25. The Morgan fingerprint density at radius 3 is 2.50 bits per heavy atom. The molecule has 2 aromatic heterocycles. The van der Waals surface area contributed by atoms with E-state index in [1.807, 2.05) is 64.1 Å². The summed E-state index contributed by atoms with van der Waals surface area (Å²) in [5, 5.41) is 4.02. The van der Waals surface area contributed by atoms with Gasteiger partial charge in [0.15, 0.2) is 5.13 Å². The summed E-state index contributed by atoms with van der Waals surface area (Å²) in [6.45, 7) is 7.67. The van der Waals surface area contributed by atoms with E-state index in [-0.39, 0.29) is 11.2 Å². The summed E-state index contributed by atoms with van der Waals surface area (Å²) in [5.41, 5.74) is 2.84. The molecule has 1 atom stereocenters. The monoisotopic (exact) mass is 384 g/mol. The molecule has 1 aromatic carbocycles. The minimum atomic E-state index is -0.294. The van der Waals surface area contributed by atoms with Crippen molar-refractivity contribution in [2.24, 2.45) is 0 Å². The number of hydrogen-bond acceptors (Lipinski definition) is 6. The van der Waals surface area contributed by atoms with E-state index in [0.717, 1.165) is 26.9 Å². The molecule has 26 heavy (non-hydrogen) atoms. The molecule has 1 unspecified atom stereocenters. The minimum Gasteiger partial charge on any atom is -0.301 e. The van der Waals surface area contributed by atoms with Crippen molar-refractivity contribution in [2.45, 2.75) is 38.0 Å². The molecule has 1 amide bonds. The predicted octanol–water partition coefficient (Wildman–Crippen LogP) is 4.64. The zero-order valence-corrected chi connectivity index (χ0v) is 16.7. The largest absolute Gasteiger partial charge is 0.301 e. The maximum absolute atomic E-state index is 12.5. The van der Waals surface area contributed by atoms with Crippen LogP contribution in [0.15, 0.2) is 41.4 Å². The molecular weight excluding hydrogens is 364 g/mol. The maximum atomic E-state index is 12.5. The molecule has 3 rings (SSSR count). The number of benzene rings is 1. The highest BCUT2D eigenvalue weighted by molar-refractivity contribution is 8.00. The highest BCUT2D eigenvalue weighted by Crippen LogP contribution is 2.27. The predicted molar refractivity (Wildman–Crippen MR) is 108 cm³/mol. The Kier molecular flexibility index (Phi) is 5.68. The minimum absolute atomic E-state index is 0.0822. The topological polar surface area (TPSA) is 67.8 Å². The second kappa shape index (κ2) is 7.97. The average Bonchev–Trinajstić information content (AvgIpc) is 2.92. The molecule has 0 fully saturated rings.